The molecule has 4 aromatic carbocycles. The van der Waals surface area contributed by atoms with Gasteiger partial charge in [-0.15, -0.1) is 65.2 Å². The van der Waals surface area contributed by atoms with Crippen LogP contribution >= 0.6 is 0 Å². The Bertz CT molecular complexity index is 2690. The molecule has 6 rings (SSSR count). The Kier molecular flexibility index (Phi) is 23.4. The van der Waals surface area contributed by atoms with Crippen molar-refractivity contribution in [3.8, 4) is 44.8 Å². The molecule has 0 saturated heterocycles. The first kappa shape index (κ1) is 58.9. The molecule has 0 bridgehead atoms. The maximum atomic E-state index is 11.7. The second kappa shape index (κ2) is 26.3. The van der Waals surface area contributed by atoms with E-state index in [-0.39, 0.29) is 82.4 Å². The van der Waals surface area contributed by atoms with Crippen LogP contribution in [0.4, 0.5) is 0 Å². The number of carboxylic acids is 2. The van der Waals surface area contributed by atoms with E-state index >= 15 is 0 Å². The van der Waals surface area contributed by atoms with Gasteiger partial charge in [-0.2, -0.15) is 0 Å². The Morgan fingerprint density at radius 1 is 0.576 bits per heavy atom. The van der Waals surface area contributed by atoms with Crippen LogP contribution in [0.3, 0.4) is 0 Å². The van der Waals surface area contributed by atoms with E-state index in [1.54, 1.807) is 39.0 Å². The molecule has 0 saturated carbocycles. The molecule has 0 unspecified atom stereocenters. The van der Waals surface area contributed by atoms with Crippen molar-refractivity contribution in [3.05, 3.63) is 147 Å². The van der Waals surface area contributed by atoms with Crippen LogP contribution in [0.1, 0.15) is 118 Å². The molecule has 340 valence electrons. The van der Waals surface area contributed by atoms with Gasteiger partial charge in [-0.3, -0.25) is 24.4 Å². The van der Waals surface area contributed by atoms with Crippen LogP contribution in [0.5, 0.6) is 0 Å². The van der Waals surface area contributed by atoms with Crippen molar-refractivity contribution in [2.75, 3.05) is 0 Å². The summed E-state index contributed by atoms with van der Waals surface area (Å²) in [6.45, 7) is 28.3. The number of rotatable bonds is 10. The number of carboxylic acid groups (broad SMARTS) is 2. The molecular weight excluding hydrogens is 982 g/mol. The van der Waals surface area contributed by atoms with Gasteiger partial charge in [-0.25, -0.2) is 14.8 Å². The minimum Gasteiger partial charge on any atom is -0.481 e. The Morgan fingerprint density at radius 2 is 0.939 bits per heavy atom. The maximum Gasteiger partial charge on any atom is 0.326 e. The zero-order chi connectivity index (χ0) is 48.3. The molecule has 2 amide bonds. The molecule has 0 aliphatic rings. The average Bonchev–Trinajstić information content (AvgIpc) is 3.24. The van der Waals surface area contributed by atoms with Crippen LogP contribution in [-0.4, -0.2) is 53.9 Å². The van der Waals surface area contributed by atoms with Crippen molar-refractivity contribution in [1.29, 1.82) is 0 Å². The van der Waals surface area contributed by atoms with Crippen LogP contribution in [0, 0.1) is 67.5 Å². The quantitative estimate of drug-likeness (QED) is 0.0753. The molecule has 0 aliphatic carbocycles. The third-order valence-corrected chi connectivity index (χ3v) is 10.2. The molecular formula is C52H58N6O6Y2-2. The number of hydrogen-bond acceptors (Lipinski definition) is 8. The van der Waals surface area contributed by atoms with E-state index in [9.17, 15) is 24.3 Å². The summed E-state index contributed by atoms with van der Waals surface area (Å²) < 4.78 is 0. The SMILES string of the molecule is C=C(C(=O)O)c1c[c-]c(-c2c(C)cc(-c3nc(C(N)=O)c(C)nc3C)cc2C)cc1.CC.CC.Cc1cc(-c2nc(C(N)=O)c(C)nc2C)cc(C)c1-c1[c-]cc([C@H](C)C(=O)O)cc1.[Y].[Y]. The van der Waals surface area contributed by atoms with E-state index in [1.807, 2.05) is 112 Å². The summed E-state index contributed by atoms with van der Waals surface area (Å²) in [5.74, 6) is -3.71. The van der Waals surface area contributed by atoms with Gasteiger partial charge in [0.1, 0.15) is 11.4 Å². The first-order valence-corrected chi connectivity index (χ1v) is 20.9. The number of aliphatic carboxylic acids is 2. The van der Waals surface area contributed by atoms with Crippen molar-refractivity contribution < 1.29 is 94.8 Å². The zero-order valence-corrected chi connectivity index (χ0v) is 45.9. The Morgan fingerprint density at radius 3 is 1.23 bits per heavy atom. The van der Waals surface area contributed by atoms with Gasteiger partial charge in [0.2, 0.25) is 0 Å². The number of aromatic nitrogens is 4. The summed E-state index contributed by atoms with van der Waals surface area (Å²) in [6, 6.07) is 25.0. The minimum absolute atomic E-state index is 0. The smallest absolute Gasteiger partial charge is 0.326 e. The minimum atomic E-state index is -1.06. The number of primary amides is 2. The Balaban J connectivity index is 0.000000597. The van der Waals surface area contributed by atoms with Crippen molar-refractivity contribution in [2.24, 2.45) is 11.5 Å². The Labute approximate surface area is 439 Å². The van der Waals surface area contributed by atoms with Crippen molar-refractivity contribution >= 4 is 29.3 Å². The van der Waals surface area contributed by atoms with Crippen LogP contribution in [-0.2, 0) is 75.0 Å². The van der Waals surface area contributed by atoms with E-state index in [1.165, 1.54) is 0 Å². The number of carbonyl (C=O) groups excluding carboxylic acids is 2. The molecule has 0 aliphatic heterocycles. The number of benzene rings is 4. The number of hydrogen-bond donors (Lipinski definition) is 4. The van der Waals surface area contributed by atoms with Gasteiger partial charge in [0.25, 0.3) is 11.8 Å². The third-order valence-electron chi connectivity index (χ3n) is 10.2. The number of carbonyl (C=O) groups is 4. The summed E-state index contributed by atoms with van der Waals surface area (Å²) >= 11 is 0. The predicted octanol–water partition coefficient (Wildman–Crippen LogP) is 10.2. The van der Waals surface area contributed by atoms with E-state index in [4.69, 9.17) is 16.6 Å². The second-order valence-electron chi connectivity index (χ2n) is 14.8. The van der Waals surface area contributed by atoms with Crippen molar-refractivity contribution in [2.45, 2.75) is 95.9 Å². The molecule has 1 atom stereocenters. The fourth-order valence-corrected chi connectivity index (χ4v) is 7.22. The van der Waals surface area contributed by atoms with Crippen LogP contribution < -0.4 is 11.5 Å². The van der Waals surface area contributed by atoms with Gasteiger partial charge < -0.3 is 21.7 Å². The van der Waals surface area contributed by atoms with Gasteiger partial charge in [0.15, 0.2) is 0 Å². The van der Waals surface area contributed by atoms with Crippen LogP contribution in [0.2, 0.25) is 0 Å². The maximum absolute atomic E-state index is 11.7. The van der Waals surface area contributed by atoms with Gasteiger partial charge in [0.05, 0.1) is 34.2 Å². The molecule has 0 fully saturated rings. The fourth-order valence-electron chi connectivity index (χ4n) is 7.22. The van der Waals surface area contributed by atoms with Gasteiger partial charge in [-0.05, 0) is 55.4 Å². The number of aryl methyl sites for hydroxylation is 8. The summed E-state index contributed by atoms with van der Waals surface area (Å²) in [6.07, 6.45) is 0. The van der Waals surface area contributed by atoms with E-state index in [0.717, 1.165) is 61.3 Å². The first-order valence-electron chi connectivity index (χ1n) is 20.9. The zero-order valence-electron chi connectivity index (χ0n) is 40.2. The molecule has 6 N–H and O–H groups in total. The standard InChI is InChI=1S/C24H24N3O3.C24H22N3O3.2C2H6.2Y/c2*1-12-10-19(21-15(4)26-16(5)22(27-21)23(25)28)11-13(2)20(12)18-8-6-17(7-9-18)14(3)24(29)30;2*1-2;;/h6-8,10-11,14H,1-5H3,(H2,25,28)(H,29,30);6-8,10-11H,3H2,1-2,4-5H3,(H2,25,28)(H,29,30);2*1-2H3;;/q2*-1;;;;/t14-;;;;;/m0...../s1. The molecule has 2 radical (unpaired) electrons. The summed E-state index contributed by atoms with van der Waals surface area (Å²) in [7, 11) is 0. The largest absolute Gasteiger partial charge is 0.481 e. The molecule has 0 spiro atoms. The third kappa shape index (κ3) is 14.0. The Hall–Kier alpha value is -5.13. The van der Waals surface area contributed by atoms with Gasteiger partial charge >= 0.3 is 11.9 Å². The number of amides is 2. The number of nitrogens with two attached hydrogens (primary N) is 2. The molecule has 66 heavy (non-hydrogen) atoms. The molecule has 2 heterocycles. The van der Waals surface area contributed by atoms with Gasteiger partial charge in [-0.1, -0.05) is 104 Å². The average molecular weight is 1040 g/mol. The second-order valence-corrected chi connectivity index (χ2v) is 14.8. The van der Waals surface area contributed by atoms with Crippen molar-refractivity contribution in [3.63, 3.8) is 0 Å². The molecule has 6 aromatic rings. The summed E-state index contributed by atoms with van der Waals surface area (Å²) in [4.78, 5) is 63.5. The van der Waals surface area contributed by atoms with E-state index in [0.29, 0.717) is 39.6 Å². The number of nitrogens with zero attached hydrogens (tertiary/aromatic N) is 4. The topological polar surface area (TPSA) is 212 Å². The van der Waals surface area contributed by atoms with Gasteiger partial charge in [0, 0.05) is 88.0 Å². The van der Waals surface area contributed by atoms with Crippen LogP contribution in [0.25, 0.3) is 50.3 Å². The summed E-state index contributed by atoms with van der Waals surface area (Å²) in [5, 5.41) is 18.3. The molecule has 12 nitrogen and oxygen atoms in total. The molecule has 14 heteroatoms. The monoisotopic (exact) mass is 1040 g/mol. The van der Waals surface area contributed by atoms with Crippen LogP contribution in [0.15, 0.2) is 67.2 Å². The summed E-state index contributed by atoms with van der Waals surface area (Å²) in [5.41, 5.74) is 25.7. The molecule has 2 aromatic heterocycles. The van der Waals surface area contributed by atoms with E-state index < -0.39 is 29.7 Å². The fraction of sp³-hybridized carbons (Fsp3) is 0.269. The van der Waals surface area contributed by atoms with E-state index in [2.05, 4.69) is 38.6 Å². The van der Waals surface area contributed by atoms with Crippen molar-refractivity contribution in [1.82, 2.24) is 19.9 Å². The first-order chi connectivity index (χ1) is 30.2. The predicted molar refractivity (Wildman–Crippen MR) is 254 cm³/mol. The normalized spacial score (nSPS) is 10.4.